The van der Waals surface area contributed by atoms with E-state index in [1.807, 2.05) is 6.92 Å². The van der Waals surface area contributed by atoms with E-state index in [1.165, 1.54) is 5.57 Å². The third kappa shape index (κ3) is 6.08. The van der Waals surface area contributed by atoms with E-state index in [2.05, 4.69) is 13.5 Å². The molecule has 1 atom stereocenters. The molecule has 0 aromatic rings. The van der Waals surface area contributed by atoms with Gasteiger partial charge >= 0.3 is 0 Å². The summed E-state index contributed by atoms with van der Waals surface area (Å²) in [5.41, 5.74) is 1.29. The summed E-state index contributed by atoms with van der Waals surface area (Å²) < 4.78 is 12.0. The molecule has 0 rings (SSSR count). The molecule has 0 saturated heterocycles. The Balaban J connectivity index is 3.20. The number of halogens is 1. The Morgan fingerprint density at radius 1 is 1.55 bits per heavy atom. The van der Waals surface area contributed by atoms with Gasteiger partial charge in [-0.1, -0.05) is 26.0 Å². The summed E-state index contributed by atoms with van der Waals surface area (Å²) in [5, 5.41) is 0. The van der Waals surface area contributed by atoms with Crippen LogP contribution in [0.15, 0.2) is 12.2 Å². The zero-order valence-corrected chi connectivity index (χ0v) is 7.70. The Morgan fingerprint density at radius 2 is 2.18 bits per heavy atom. The first-order valence-electron chi connectivity index (χ1n) is 4.43. The standard InChI is InChI=1S/C10H19F/c1-4-9(2)6-5-7-10(3)8-11/h10H,2,4-8H2,1,3H3. The number of hydrogen-bond donors (Lipinski definition) is 0. The van der Waals surface area contributed by atoms with Crippen LogP contribution in [-0.2, 0) is 0 Å². The van der Waals surface area contributed by atoms with Gasteiger partial charge in [0.1, 0.15) is 0 Å². The average molecular weight is 158 g/mol. The first-order chi connectivity index (χ1) is 5.20. The van der Waals surface area contributed by atoms with Crippen molar-refractivity contribution >= 4 is 0 Å². The van der Waals surface area contributed by atoms with E-state index in [1.54, 1.807) is 0 Å². The monoisotopic (exact) mass is 158 g/mol. The maximum Gasteiger partial charge on any atom is 0.0919 e. The van der Waals surface area contributed by atoms with Crippen LogP contribution in [0.5, 0.6) is 0 Å². The van der Waals surface area contributed by atoms with Crippen molar-refractivity contribution in [3.63, 3.8) is 0 Å². The average Bonchev–Trinajstić information content (AvgIpc) is 2.04. The molecule has 0 bridgehead atoms. The number of alkyl halides is 1. The highest BCUT2D eigenvalue weighted by Gasteiger charge is 2.00. The molecule has 0 aromatic heterocycles. The minimum absolute atomic E-state index is 0.182. The van der Waals surface area contributed by atoms with Crippen LogP contribution in [0.2, 0.25) is 0 Å². The third-order valence-electron chi connectivity index (χ3n) is 1.99. The fourth-order valence-electron chi connectivity index (χ4n) is 0.954. The molecular weight excluding hydrogens is 139 g/mol. The number of rotatable bonds is 6. The molecule has 0 N–H and O–H groups in total. The van der Waals surface area contributed by atoms with Crippen molar-refractivity contribution in [2.24, 2.45) is 5.92 Å². The number of allylic oxidation sites excluding steroid dienone is 1. The van der Waals surface area contributed by atoms with Crippen LogP contribution in [-0.4, -0.2) is 6.67 Å². The molecule has 0 spiro atoms. The summed E-state index contributed by atoms with van der Waals surface area (Å²) in [5.74, 6) is 0.236. The predicted octanol–water partition coefficient (Wildman–Crippen LogP) is 3.73. The van der Waals surface area contributed by atoms with E-state index < -0.39 is 0 Å². The minimum Gasteiger partial charge on any atom is -0.251 e. The summed E-state index contributed by atoms with van der Waals surface area (Å²) in [6.07, 6.45) is 4.22. The van der Waals surface area contributed by atoms with E-state index >= 15 is 0 Å². The smallest absolute Gasteiger partial charge is 0.0919 e. The van der Waals surface area contributed by atoms with E-state index in [0.29, 0.717) is 0 Å². The molecule has 0 aromatic carbocycles. The molecule has 11 heavy (non-hydrogen) atoms. The molecule has 0 aliphatic heterocycles. The van der Waals surface area contributed by atoms with Gasteiger partial charge in [0, 0.05) is 0 Å². The third-order valence-corrected chi connectivity index (χ3v) is 1.99. The molecule has 0 aliphatic rings. The lowest BCUT2D eigenvalue weighted by Crippen LogP contribution is -1.96. The molecule has 0 amide bonds. The maximum absolute atomic E-state index is 12.0. The predicted molar refractivity (Wildman–Crippen MR) is 48.4 cm³/mol. The zero-order valence-electron chi connectivity index (χ0n) is 7.70. The van der Waals surface area contributed by atoms with Gasteiger partial charge in [-0.15, -0.1) is 0 Å². The summed E-state index contributed by atoms with van der Waals surface area (Å²) >= 11 is 0. The van der Waals surface area contributed by atoms with Crippen LogP contribution in [0.25, 0.3) is 0 Å². The first-order valence-corrected chi connectivity index (χ1v) is 4.43. The minimum atomic E-state index is -0.182. The van der Waals surface area contributed by atoms with Gasteiger partial charge < -0.3 is 0 Å². The molecule has 0 nitrogen and oxygen atoms in total. The lowest BCUT2D eigenvalue weighted by molar-refractivity contribution is 0.359. The van der Waals surface area contributed by atoms with Crippen molar-refractivity contribution in [2.45, 2.75) is 39.5 Å². The topological polar surface area (TPSA) is 0 Å². The summed E-state index contributed by atoms with van der Waals surface area (Å²) in [6, 6.07) is 0. The van der Waals surface area contributed by atoms with Crippen molar-refractivity contribution in [1.82, 2.24) is 0 Å². The SMILES string of the molecule is C=C(CC)CCCC(C)CF. The fraction of sp³-hybridized carbons (Fsp3) is 0.800. The summed E-state index contributed by atoms with van der Waals surface area (Å²) in [6.45, 7) is 7.79. The molecule has 0 aliphatic carbocycles. The Hall–Kier alpha value is -0.330. The Morgan fingerprint density at radius 3 is 2.64 bits per heavy atom. The van der Waals surface area contributed by atoms with Crippen molar-refractivity contribution in [3.05, 3.63) is 12.2 Å². The van der Waals surface area contributed by atoms with Crippen LogP contribution in [0.4, 0.5) is 4.39 Å². The normalized spacial score (nSPS) is 13.0. The molecule has 66 valence electrons. The zero-order chi connectivity index (χ0) is 8.69. The largest absolute Gasteiger partial charge is 0.251 e. The van der Waals surface area contributed by atoms with Crippen LogP contribution in [0, 0.1) is 5.92 Å². The molecular formula is C10H19F. The molecule has 1 heteroatoms. The molecule has 1 unspecified atom stereocenters. The van der Waals surface area contributed by atoms with Crippen molar-refractivity contribution in [2.75, 3.05) is 6.67 Å². The fourth-order valence-corrected chi connectivity index (χ4v) is 0.954. The van der Waals surface area contributed by atoms with E-state index in [0.717, 1.165) is 25.7 Å². The van der Waals surface area contributed by atoms with Gasteiger partial charge in [0.2, 0.25) is 0 Å². The molecule has 0 fully saturated rings. The summed E-state index contributed by atoms with van der Waals surface area (Å²) in [7, 11) is 0. The van der Waals surface area contributed by atoms with Crippen molar-refractivity contribution < 1.29 is 4.39 Å². The Labute approximate surface area is 69.5 Å². The number of hydrogen-bond acceptors (Lipinski definition) is 0. The molecule has 0 radical (unpaired) electrons. The van der Waals surface area contributed by atoms with Crippen molar-refractivity contribution in [1.29, 1.82) is 0 Å². The van der Waals surface area contributed by atoms with Crippen LogP contribution in [0.3, 0.4) is 0 Å². The second kappa shape index (κ2) is 6.38. The van der Waals surface area contributed by atoms with Gasteiger partial charge in [-0.25, -0.2) is 0 Å². The van der Waals surface area contributed by atoms with Gasteiger partial charge in [0.15, 0.2) is 0 Å². The lowest BCUT2D eigenvalue weighted by Gasteiger charge is -2.06. The van der Waals surface area contributed by atoms with Gasteiger partial charge in [-0.05, 0) is 31.6 Å². The maximum atomic E-state index is 12.0. The van der Waals surface area contributed by atoms with Gasteiger partial charge in [0.25, 0.3) is 0 Å². The van der Waals surface area contributed by atoms with E-state index in [9.17, 15) is 4.39 Å². The van der Waals surface area contributed by atoms with Gasteiger partial charge in [-0.2, -0.15) is 0 Å². The first kappa shape index (κ1) is 10.7. The van der Waals surface area contributed by atoms with Crippen LogP contribution >= 0.6 is 0 Å². The van der Waals surface area contributed by atoms with Crippen LogP contribution < -0.4 is 0 Å². The summed E-state index contributed by atoms with van der Waals surface area (Å²) in [4.78, 5) is 0. The second-order valence-electron chi connectivity index (χ2n) is 3.26. The Kier molecular flexibility index (Phi) is 6.19. The highest BCUT2D eigenvalue weighted by molar-refractivity contribution is 4.91. The quantitative estimate of drug-likeness (QED) is 0.517. The van der Waals surface area contributed by atoms with Crippen molar-refractivity contribution in [3.8, 4) is 0 Å². The molecule has 0 heterocycles. The highest BCUT2D eigenvalue weighted by atomic mass is 19.1. The second-order valence-corrected chi connectivity index (χ2v) is 3.26. The molecule has 0 saturated carbocycles. The van der Waals surface area contributed by atoms with Gasteiger partial charge in [0.05, 0.1) is 6.67 Å². The lowest BCUT2D eigenvalue weighted by atomic mass is 10.0. The van der Waals surface area contributed by atoms with E-state index in [4.69, 9.17) is 0 Å². The van der Waals surface area contributed by atoms with Crippen LogP contribution in [0.1, 0.15) is 39.5 Å². The highest BCUT2D eigenvalue weighted by Crippen LogP contribution is 2.13. The van der Waals surface area contributed by atoms with E-state index in [-0.39, 0.29) is 12.6 Å². The Bertz CT molecular complexity index is 107. The van der Waals surface area contributed by atoms with Gasteiger partial charge in [-0.3, -0.25) is 4.39 Å².